The highest BCUT2D eigenvalue weighted by molar-refractivity contribution is 7.16. The van der Waals surface area contributed by atoms with Gasteiger partial charge in [0.05, 0.1) is 12.1 Å². The van der Waals surface area contributed by atoms with Crippen LogP contribution < -0.4 is 10.2 Å². The van der Waals surface area contributed by atoms with E-state index in [2.05, 4.69) is 36.0 Å². The van der Waals surface area contributed by atoms with E-state index in [9.17, 15) is 4.79 Å². The first kappa shape index (κ1) is 14.3. The summed E-state index contributed by atoms with van der Waals surface area (Å²) in [5.74, 6) is -0.0215. The highest BCUT2D eigenvalue weighted by atomic mass is 32.1. The molecule has 19 heavy (non-hydrogen) atoms. The van der Waals surface area contributed by atoms with Crippen molar-refractivity contribution < 1.29 is 9.53 Å². The largest absolute Gasteiger partial charge is 0.464 e. The van der Waals surface area contributed by atoms with Gasteiger partial charge in [-0.05, 0) is 6.92 Å². The molecule has 0 aromatic carbocycles. The predicted octanol–water partition coefficient (Wildman–Crippen LogP) is 1.85. The van der Waals surface area contributed by atoms with Crippen LogP contribution in [-0.4, -0.2) is 43.7 Å². The van der Waals surface area contributed by atoms with Gasteiger partial charge in [0.2, 0.25) is 0 Å². The number of methoxy groups -OCH3 is 1. The molecule has 0 bridgehead atoms. The van der Waals surface area contributed by atoms with Crippen molar-refractivity contribution in [2.45, 2.75) is 32.7 Å². The molecule has 1 N–H and O–H groups in total. The van der Waals surface area contributed by atoms with E-state index in [4.69, 9.17) is 4.74 Å². The minimum Gasteiger partial charge on any atom is -0.464 e. The highest BCUT2D eigenvalue weighted by Gasteiger charge is 2.26. The van der Waals surface area contributed by atoms with Crippen LogP contribution in [0.3, 0.4) is 0 Å². The number of hydrogen-bond acceptors (Lipinski definition) is 6. The van der Waals surface area contributed by atoms with Crippen molar-refractivity contribution in [3.05, 3.63) is 10.7 Å². The van der Waals surface area contributed by atoms with E-state index in [0.29, 0.717) is 17.7 Å². The molecule has 2 rings (SSSR count). The second-order valence-corrected chi connectivity index (χ2v) is 6.16. The van der Waals surface area contributed by atoms with Crippen molar-refractivity contribution >= 4 is 22.3 Å². The molecular formula is C13H21N3O2S. The van der Waals surface area contributed by atoms with Crippen molar-refractivity contribution in [3.63, 3.8) is 0 Å². The summed E-state index contributed by atoms with van der Waals surface area (Å²) in [5, 5.41) is 5.34. The van der Waals surface area contributed by atoms with E-state index in [0.717, 1.165) is 29.6 Å². The van der Waals surface area contributed by atoms with Gasteiger partial charge in [-0.1, -0.05) is 13.8 Å². The van der Waals surface area contributed by atoms with E-state index >= 15 is 0 Å². The molecule has 1 aromatic rings. The molecule has 106 valence electrons. The van der Waals surface area contributed by atoms with E-state index < -0.39 is 0 Å². The minimum absolute atomic E-state index is 0.322. The Balaban J connectivity index is 2.33. The van der Waals surface area contributed by atoms with Crippen molar-refractivity contribution in [2.75, 3.05) is 31.6 Å². The Morgan fingerprint density at radius 1 is 1.58 bits per heavy atom. The first-order valence-electron chi connectivity index (χ1n) is 6.60. The second-order valence-electron chi connectivity index (χ2n) is 5.15. The molecular weight excluding hydrogens is 262 g/mol. The number of aromatic nitrogens is 1. The lowest BCUT2D eigenvalue weighted by molar-refractivity contribution is 0.0595. The third-order valence-corrected chi connectivity index (χ3v) is 4.57. The number of thiazole rings is 1. The Bertz CT molecular complexity index is 459. The zero-order chi connectivity index (χ0) is 14.0. The molecule has 0 amide bonds. The summed E-state index contributed by atoms with van der Waals surface area (Å²) in [5.41, 5.74) is 0.463. The molecule has 1 fully saturated rings. The van der Waals surface area contributed by atoms with Gasteiger partial charge in [0.25, 0.3) is 0 Å². The molecule has 6 heteroatoms. The van der Waals surface area contributed by atoms with Gasteiger partial charge in [-0.3, -0.25) is 0 Å². The highest BCUT2D eigenvalue weighted by Crippen LogP contribution is 2.33. The quantitative estimate of drug-likeness (QED) is 0.858. The zero-order valence-electron chi connectivity index (χ0n) is 11.9. The van der Waals surface area contributed by atoms with Crippen LogP contribution in [0.5, 0.6) is 0 Å². The third-order valence-electron chi connectivity index (χ3n) is 3.15. The Kier molecular flexibility index (Phi) is 4.42. The minimum atomic E-state index is -0.343. The van der Waals surface area contributed by atoms with Gasteiger partial charge in [0.15, 0.2) is 5.69 Å². The molecule has 1 aliphatic heterocycles. The summed E-state index contributed by atoms with van der Waals surface area (Å²) in [4.78, 5) is 18.6. The molecule has 2 heterocycles. The van der Waals surface area contributed by atoms with Gasteiger partial charge in [-0.2, -0.15) is 0 Å². The number of nitrogens with one attached hydrogen (secondary N) is 1. The molecule has 0 radical (unpaired) electrons. The van der Waals surface area contributed by atoms with Crippen LogP contribution in [0.1, 0.15) is 42.2 Å². The Morgan fingerprint density at radius 2 is 2.32 bits per heavy atom. The van der Waals surface area contributed by atoms with Crippen LogP contribution in [0.2, 0.25) is 0 Å². The van der Waals surface area contributed by atoms with Gasteiger partial charge < -0.3 is 15.0 Å². The number of anilines is 1. The lowest BCUT2D eigenvalue weighted by Gasteiger charge is -2.32. The summed E-state index contributed by atoms with van der Waals surface area (Å²) in [6.45, 7) is 9.04. The lowest BCUT2D eigenvalue weighted by atomic mass is 10.2. The van der Waals surface area contributed by atoms with Crippen LogP contribution in [0.25, 0.3) is 0 Å². The Morgan fingerprint density at radius 3 is 2.89 bits per heavy atom. The monoisotopic (exact) mass is 283 g/mol. The van der Waals surface area contributed by atoms with Gasteiger partial charge >= 0.3 is 5.97 Å². The SMILES string of the molecule is COC(=O)c1nc(C(C)C)sc1N1CCN[C@H](C)C1. The lowest BCUT2D eigenvalue weighted by Crippen LogP contribution is -2.49. The van der Waals surface area contributed by atoms with Crippen LogP contribution in [-0.2, 0) is 4.74 Å². The number of carbonyl (C=O) groups is 1. The predicted molar refractivity (Wildman–Crippen MR) is 77.2 cm³/mol. The Labute approximate surface area is 118 Å². The summed E-state index contributed by atoms with van der Waals surface area (Å²) in [6.07, 6.45) is 0. The van der Waals surface area contributed by atoms with E-state index in [-0.39, 0.29) is 5.97 Å². The van der Waals surface area contributed by atoms with E-state index in [1.807, 2.05) is 0 Å². The van der Waals surface area contributed by atoms with Crippen LogP contribution in [0, 0.1) is 0 Å². The maximum absolute atomic E-state index is 11.9. The summed E-state index contributed by atoms with van der Waals surface area (Å²) >= 11 is 1.61. The number of piperazine rings is 1. The maximum Gasteiger partial charge on any atom is 0.359 e. The number of nitrogens with zero attached hydrogens (tertiary/aromatic N) is 2. The summed E-state index contributed by atoms with van der Waals surface area (Å²) in [7, 11) is 1.40. The number of carbonyl (C=O) groups excluding carboxylic acids is 1. The van der Waals surface area contributed by atoms with Gasteiger partial charge in [0, 0.05) is 31.6 Å². The van der Waals surface area contributed by atoms with Gasteiger partial charge in [0.1, 0.15) is 5.00 Å². The van der Waals surface area contributed by atoms with Crippen molar-refractivity contribution in [2.24, 2.45) is 0 Å². The fourth-order valence-corrected chi connectivity index (χ4v) is 3.23. The van der Waals surface area contributed by atoms with E-state index in [1.54, 1.807) is 11.3 Å². The van der Waals surface area contributed by atoms with Crippen molar-refractivity contribution in [1.82, 2.24) is 10.3 Å². The van der Waals surface area contributed by atoms with E-state index in [1.165, 1.54) is 7.11 Å². The van der Waals surface area contributed by atoms with Crippen LogP contribution in [0.15, 0.2) is 0 Å². The topological polar surface area (TPSA) is 54.5 Å². The average Bonchev–Trinajstić information content (AvgIpc) is 2.83. The standard InChI is InChI=1S/C13H21N3O2S/c1-8(2)11-15-10(13(17)18-4)12(19-11)16-6-5-14-9(3)7-16/h8-9,14H,5-7H2,1-4H3/t9-/m1/s1. The number of ether oxygens (including phenoxy) is 1. The number of rotatable bonds is 3. The molecule has 0 unspecified atom stereocenters. The average molecular weight is 283 g/mol. The smallest absolute Gasteiger partial charge is 0.359 e. The van der Waals surface area contributed by atoms with Gasteiger partial charge in [-0.25, -0.2) is 9.78 Å². The van der Waals surface area contributed by atoms with Crippen molar-refractivity contribution in [1.29, 1.82) is 0 Å². The third kappa shape index (κ3) is 3.06. The molecule has 1 aromatic heterocycles. The molecule has 0 spiro atoms. The number of hydrogen-bond donors (Lipinski definition) is 1. The normalized spacial score (nSPS) is 19.8. The molecule has 5 nitrogen and oxygen atoms in total. The Hall–Kier alpha value is -1.14. The molecule has 1 saturated heterocycles. The number of esters is 1. The molecule has 1 atom stereocenters. The zero-order valence-corrected chi connectivity index (χ0v) is 12.7. The molecule has 1 aliphatic rings. The first-order valence-corrected chi connectivity index (χ1v) is 7.42. The fraction of sp³-hybridized carbons (Fsp3) is 0.692. The van der Waals surface area contributed by atoms with Crippen LogP contribution >= 0.6 is 11.3 Å². The van der Waals surface area contributed by atoms with Gasteiger partial charge in [-0.15, -0.1) is 11.3 Å². The summed E-state index contributed by atoms with van der Waals surface area (Å²) in [6, 6.07) is 0.420. The first-order chi connectivity index (χ1) is 9.02. The molecule has 0 saturated carbocycles. The summed E-state index contributed by atoms with van der Waals surface area (Å²) < 4.78 is 4.85. The van der Waals surface area contributed by atoms with Crippen molar-refractivity contribution in [3.8, 4) is 0 Å². The van der Waals surface area contributed by atoms with Crippen LogP contribution in [0.4, 0.5) is 5.00 Å². The molecule has 0 aliphatic carbocycles. The maximum atomic E-state index is 11.9. The second kappa shape index (κ2) is 5.88. The fourth-order valence-electron chi connectivity index (χ4n) is 2.14.